The van der Waals surface area contributed by atoms with Crippen molar-refractivity contribution in [1.82, 2.24) is 0 Å². The van der Waals surface area contributed by atoms with E-state index < -0.39 is 11.9 Å². The number of rotatable bonds is 12. The average Bonchev–Trinajstić information content (AvgIpc) is 2.97. The van der Waals surface area contributed by atoms with Crippen molar-refractivity contribution >= 4 is 11.9 Å². The summed E-state index contributed by atoms with van der Waals surface area (Å²) in [6, 6.07) is 13.2. The van der Waals surface area contributed by atoms with Crippen LogP contribution in [0.2, 0.25) is 0 Å². The highest BCUT2D eigenvalue weighted by atomic mass is 16.5. The lowest BCUT2D eigenvalue weighted by Gasteiger charge is -2.14. The number of ether oxygens (including phenoxy) is 8. The van der Waals surface area contributed by atoms with Gasteiger partial charge >= 0.3 is 11.9 Å². The number of hydrogen-bond donors (Lipinski definition) is 0. The molecule has 0 aromatic heterocycles. The van der Waals surface area contributed by atoms with Crippen molar-refractivity contribution in [3.8, 4) is 34.5 Å². The van der Waals surface area contributed by atoms with Crippen LogP contribution in [0.3, 0.4) is 0 Å². The molecule has 0 aliphatic heterocycles. The van der Waals surface area contributed by atoms with Gasteiger partial charge in [-0.1, -0.05) is 24.3 Å². The van der Waals surface area contributed by atoms with Crippen molar-refractivity contribution in [3.63, 3.8) is 0 Å². The fourth-order valence-electron chi connectivity index (χ4n) is 3.56. The number of methoxy groups -OCH3 is 6. The summed E-state index contributed by atoms with van der Waals surface area (Å²) in [5, 5.41) is 0. The van der Waals surface area contributed by atoms with Crippen LogP contribution in [0, 0.1) is 0 Å². The summed E-state index contributed by atoms with van der Waals surface area (Å²) in [6.07, 6.45) is 0. The highest BCUT2D eigenvalue weighted by Gasteiger charge is 2.20. The zero-order valence-corrected chi connectivity index (χ0v) is 22.1. The lowest BCUT2D eigenvalue weighted by molar-refractivity contribution is 0.0456. The maximum absolute atomic E-state index is 12.7. The summed E-state index contributed by atoms with van der Waals surface area (Å²) >= 11 is 0. The minimum absolute atomic E-state index is 0.0270. The van der Waals surface area contributed by atoms with E-state index in [-0.39, 0.29) is 24.3 Å². The first kappa shape index (κ1) is 28.0. The third-order valence-corrected chi connectivity index (χ3v) is 5.61. The quantitative estimate of drug-likeness (QED) is 0.314. The third kappa shape index (κ3) is 6.39. The molecule has 10 heteroatoms. The highest BCUT2D eigenvalue weighted by molar-refractivity contribution is 5.94. The molecular formula is C28H30O10. The Hall–Kier alpha value is -4.60. The lowest BCUT2D eigenvalue weighted by atomic mass is 10.1. The Bertz CT molecular complexity index is 1170. The predicted molar refractivity (Wildman–Crippen MR) is 137 cm³/mol. The molecule has 3 rings (SSSR count). The van der Waals surface area contributed by atoms with E-state index in [4.69, 9.17) is 37.9 Å². The van der Waals surface area contributed by atoms with Gasteiger partial charge in [-0.25, -0.2) is 9.59 Å². The van der Waals surface area contributed by atoms with Crippen molar-refractivity contribution in [2.75, 3.05) is 42.7 Å². The Morgan fingerprint density at radius 1 is 0.474 bits per heavy atom. The lowest BCUT2D eigenvalue weighted by Crippen LogP contribution is -2.09. The maximum Gasteiger partial charge on any atom is 0.342 e. The van der Waals surface area contributed by atoms with Crippen LogP contribution in [0.25, 0.3) is 0 Å². The first-order valence-corrected chi connectivity index (χ1v) is 11.4. The van der Waals surface area contributed by atoms with Crippen LogP contribution in [0.15, 0.2) is 48.5 Å². The van der Waals surface area contributed by atoms with Gasteiger partial charge in [0.2, 0.25) is 0 Å². The van der Waals surface area contributed by atoms with E-state index in [2.05, 4.69) is 0 Å². The van der Waals surface area contributed by atoms with Crippen LogP contribution in [-0.2, 0) is 22.7 Å². The van der Waals surface area contributed by atoms with Gasteiger partial charge in [0.1, 0.15) is 35.8 Å². The minimum atomic E-state index is -0.579. The Morgan fingerprint density at radius 3 is 1.05 bits per heavy atom. The molecule has 0 spiro atoms. The average molecular weight is 527 g/mol. The highest BCUT2D eigenvalue weighted by Crippen LogP contribution is 2.36. The van der Waals surface area contributed by atoms with Gasteiger partial charge in [0.25, 0.3) is 0 Å². The SMILES string of the molecule is COc1cc(OC)c(C(=O)OCc2ccc(COC(=O)c3cc(OC)c(OC)cc3OC)cc2)cc1OC. The molecule has 0 bridgehead atoms. The Balaban J connectivity index is 1.62. The van der Waals surface area contributed by atoms with E-state index in [1.807, 2.05) is 0 Å². The van der Waals surface area contributed by atoms with Crippen molar-refractivity contribution in [2.45, 2.75) is 13.2 Å². The molecule has 38 heavy (non-hydrogen) atoms. The standard InChI is InChI=1S/C28H30O10/c1-31-21-13-25(35-5)23(33-3)11-19(21)27(29)37-15-17-7-9-18(10-8-17)16-38-28(30)20-12-24(34-4)26(36-6)14-22(20)32-2/h7-14H,15-16H2,1-6H3. The van der Waals surface area contributed by atoms with Crippen molar-refractivity contribution in [1.29, 1.82) is 0 Å². The van der Waals surface area contributed by atoms with Crippen LogP contribution >= 0.6 is 0 Å². The molecule has 202 valence electrons. The molecule has 0 aliphatic carbocycles. The van der Waals surface area contributed by atoms with E-state index in [0.717, 1.165) is 11.1 Å². The molecule has 3 aromatic rings. The number of benzene rings is 3. The van der Waals surface area contributed by atoms with Crippen LogP contribution in [0.5, 0.6) is 34.5 Å². The van der Waals surface area contributed by atoms with Gasteiger partial charge in [0, 0.05) is 24.3 Å². The van der Waals surface area contributed by atoms with E-state index >= 15 is 0 Å². The molecule has 0 fully saturated rings. The van der Waals surface area contributed by atoms with Crippen LogP contribution in [0.4, 0.5) is 0 Å². The molecule has 0 N–H and O–H groups in total. The molecule has 0 atom stereocenters. The Morgan fingerprint density at radius 2 is 0.763 bits per heavy atom. The van der Waals surface area contributed by atoms with E-state index in [1.165, 1.54) is 54.8 Å². The molecule has 0 radical (unpaired) electrons. The maximum atomic E-state index is 12.7. The van der Waals surface area contributed by atoms with Gasteiger partial charge in [0.05, 0.1) is 42.7 Å². The largest absolute Gasteiger partial charge is 0.496 e. The van der Waals surface area contributed by atoms with Gasteiger partial charge in [-0.05, 0) is 11.1 Å². The topological polar surface area (TPSA) is 108 Å². The summed E-state index contributed by atoms with van der Waals surface area (Å²) < 4.78 is 42.5. The van der Waals surface area contributed by atoms with Gasteiger partial charge in [-0.15, -0.1) is 0 Å². The Kier molecular flexibility index (Phi) is 9.64. The molecule has 0 saturated heterocycles. The van der Waals surface area contributed by atoms with Crippen molar-refractivity contribution in [2.24, 2.45) is 0 Å². The molecule has 0 aliphatic rings. The fourth-order valence-corrected chi connectivity index (χ4v) is 3.56. The number of hydrogen-bond acceptors (Lipinski definition) is 10. The van der Waals surface area contributed by atoms with E-state index in [0.29, 0.717) is 34.5 Å². The molecule has 0 unspecified atom stereocenters. The first-order valence-electron chi connectivity index (χ1n) is 11.4. The van der Waals surface area contributed by atoms with E-state index in [1.54, 1.807) is 36.4 Å². The Labute approximate surface area is 220 Å². The number of esters is 2. The third-order valence-electron chi connectivity index (χ3n) is 5.61. The smallest absolute Gasteiger partial charge is 0.342 e. The molecule has 10 nitrogen and oxygen atoms in total. The van der Waals surface area contributed by atoms with Crippen molar-refractivity contribution in [3.05, 3.63) is 70.8 Å². The van der Waals surface area contributed by atoms with E-state index in [9.17, 15) is 9.59 Å². The summed E-state index contributed by atoms with van der Waals surface area (Å²) in [5.74, 6) is 1.07. The number of carbonyl (C=O) groups excluding carboxylic acids is 2. The number of carbonyl (C=O) groups is 2. The van der Waals surface area contributed by atoms with Gasteiger partial charge < -0.3 is 37.9 Å². The van der Waals surface area contributed by atoms with Gasteiger partial charge in [-0.3, -0.25) is 0 Å². The molecule has 0 amide bonds. The first-order chi connectivity index (χ1) is 18.4. The predicted octanol–water partition coefficient (Wildman–Crippen LogP) is 4.45. The second kappa shape index (κ2) is 13.1. The summed E-state index contributed by atoms with van der Waals surface area (Å²) in [4.78, 5) is 25.4. The second-order valence-electron chi connectivity index (χ2n) is 7.78. The summed E-state index contributed by atoms with van der Waals surface area (Å²) in [6.45, 7) is 0.0541. The van der Waals surface area contributed by atoms with Gasteiger partial charge in [0.15, 0.2) is 23.0 Å². The van der Waals surface area contributed by atoms with Crippen LogP contribution in [-0.4, -0.2) is 54.6 Å². The fraction of sp³-hybridized carbons (Fsp3) is 0.286. The monoisotopic (exact) mass is 526 g/mol. The zero-order valence-electron chi connectivity index (χ0n) is 22.1. The summed E-state index contributed by atoms with van der Waals surface area (Å²) in [7, 11) is 8.83. The second-order valence-corrected chi connectivity index (χ2v) is 7.78. The molecular weight excluding hydrogens is 496 g/mol. The molecule has 0 heterocycles. The van der Waals surface area contributed by atoms with Crippen molar-refractivity contribution < 1.29 is 47.5 Å². The van der Waals surface area contributed by atoms with Crippen LogP contribution < -0.4 is 28.4 Å². The van der Waals surface area contributed by atoms with Gasteiger partial charge in [-0.2, -0.15) is 0 Å². The summed E-state index contributed by atoms with van der Waals surface area (Å²) in [5.41, 5.74) is 1.91. The van der Waals surface area contributed by atoms with Crippen LogP contribution in [0.1, 0.15) is 31.8 Å². The normalized spacial score (nSPS) is 10.3. The zero-order chi connectivity index (χ0) is 27.7. The molecule has 3 aromatic carbocycles. The minimum Gasteiger partial charge on any atom is -0.496 e. The molecule has 0 saturated carbocycles.